The molecule has 0 radical (unpaired) electrons. The van der Waals surface area contributed by atoms with Gasteiger partial charge < -0.3 is 5.32 Å². The summed E-state index contributed by atoms with van der Waals surface area (Å²) in [5.74, 6) is 1.18. The predicted octanol–water partition coefficient (Wildman–Crippen LogP) is 3.02. The van der Waals surface area contributed by atoms with Gasteiger partial charge in [0.15, 0.2) is 11.5 Å². The van der Waals surface area contributed by atoms with E-state index in [4.69, 9.17) is 0 Å². The lowest BCUT2D eigenvalue weighted by Gasteiger charge is -2.17. The fourth-order valence-electron chi connectivity index (χ4n) is 2.63. The Labute approximate surface area is 149 Å². The van der Waals surface area contributed by atoms with Crippen LogP contribution >= 0.6 is 11.8 Å². The molecule has 0 saturated heterocycles. The molecule has 0 fully saturated rings. The third kappa shape index (κ3) is 4.36. The Kier molecular flexibility index (Phi) is 5.65. The molecule has 5 nitrogen and oxygen atoms in total. The van der Waals surface area contributed by atoms with Gasteiger partial charge in [-0.15, -0.1) is 10.2 Å². The van der Waals surface area contributed by atoms with Crippen molar-refractivity contribution in [3.63, 3.8) is 0 Å². The van der Waals surface area contributed by atoms with Gasteiger partial charge in [-0.1, -0.05) is 18.2 Å². The monoisotopic (exact) mass is 358 g/mol. The van der Waals surface area contributed by atoms with Crippen molar-refractivity contribution in [2.24, 2.45) is 0 Å². The number of nitrogens with one attached hydrogen (secondary N) is 1. The molecule has 2 heterocycles. The summed E-state index contributed by atoms with van der Waals surface area (Å²) in [6.45, 7) is 0. The Hall–Kier alpha value is -2.41. The number of hydrogen-bond acceptors (Lipinski definition) is 4. The van der Waals surface area contributed by atoms with Crippen LogP contribution in [-0.4, -0.2) is 32.5 Å². The van der Waals surface area contributed by atoms with Gasteiger partial charge >= 0.3 is 0 Å². The number of rotatable bonds is 7. The summed E-state index contributed by atoms with van der Waals surface area (Å²) in [5.41, 5.74) is 1.52. The molecule has 25 heavy (non-hydrogen) atoms. The van der Waals surface area contributed by atoms with E-state index in [1.54, 1.807) is 23.9 Å². The molecule has 1 N–H and O–H groups in total. The number of nitrogens with zero attached hydrogens (tertiary/aromatic N) is 3. The largest absolute Gasteiger partial charge is 0.346 e. The molecule has 0 spiro atoms. The fourth-order valence-corrected chi connectivity index (χ4v) is 3.10. The van der Waals surface area contributed by atoms with Gasteiger partial charge in [-0.2, -0.15) is 11.8 Å². The van der Waals surface area contributed by atoms with E-state index in [9.17, 15) is 9.18 Å². The maximum Gasteiger partial charge on any atom is 0.225 e. The summed E-state index contributed by atoms with van der Waals surface area (Å²) >= 11 is 1.71. The number of pyridine rings is 1. The normalized spacial score (nSPS) is 12.2. The topological polar surface area (TPSA) is 59.3 Å². The van der Waals surface area contributed by atoms with Crippen molar-refractivity contribution >= 4 is 23.3 Å². The molecule has 2 aromatic heterocycles. The molecule has 0 aliphatic carbocycles. The van der Waals surface area contributed by atoms with E-state index in [0.717, 1.165) is 29.2 Å². The highest BCUT2D eigenvalue weighted by atomic mass is 32.2. The zero-order chi connectivity index (χ0) is 17.6. The predicted molar refractivity (Wildman–Crippen MR) is 97.0 cm³/mol. The molecular formula is C18H19FN4OS. The van der Waals surface area contributed by atoms with Gasteiger partial charge in [0.2, 0.25) is 5.91 Å². The molecule has 130 valence electrons. The molecule has 1 atom stereocenters. The van der Waals surface area contributed by atoms with E-state index in [1.807, 2.05) is 35.1 Å². The first-order valence-electron chi connectivity index (χ1n) is 8.00. The summed E-state index contributed by atoms with van der Waals surface area (Å²) < 4.78 is 14.9. The van der Waals surface area contributed by atoms with Gasteiger partial charge in [0, 0.05) is 6.20 Å². The first-order chi connectivity index (χ1) is 12.2. The molecule has 1 unspecified atom stereocenters. The van der Waals surface area contributed by atoms with Crippen molar-refractivity contribution in [3.8, 4) is 0 Å². The average molecular weight is 358 g/mol. The van der Waals surface area contributed by atoms with Crippen molar-refractivity contribution in [1.82, 2.24) is 19.9 Å². The number of thioether (sulfide) groups is 1. The van der Waals surface area contributed by atoms with Crippen LogP contribution in [0.2, 0.25) is 0 Å². The minimum Gasteiger partial charge on any atom is -0.346 e. The average Bonchev–Trinajstić information content (AvgIpc) is 3.04. The second-order valence-electron chi connectivity index (χ2n) is 5.69. The van der Waals surface area contributed by atoms with Gasteiger partial charge in [-0.25, -0.2) is 4.39 Å². The second-order valence-corrected chi connectivity index (χ2v) is 6.68. The third-order valence-corrected chi connectivity index (χ3v) is 4.52. The molecule has 0 aliphatic rings. The highest BCUT2D eigenvalue weighted by Gasteiger charge is 2.20. The number of carbonyl (C=O) groups is 1. The van der Waals surface area contributed by atoms with E-state index >= 15 is 0 Å². The van der Waals surface area contributed by atoms with Crippen molar-refractivity contribution in [2.75, 3.05) is 12.0 Å². The maximum atomic E-state index is 13.0. The summed E-state index contributed by atoms with van der Waals surface area (Å²) in [5, 5.41) is 11.5. The van der Waals surface area contributed by atoms with Gasteiger partial charge in [-0.3, -0.25) is 9.20 Å². The molecule has 7 heteroatoms. The van der Waals surface area contributed by atoms with Crippen LogP contribution in [0.3, 0.4) is 0 Å². The summed E-state index contributed by atoms with van der Waals surface area (Å²) in [7, 11) is 0. The zero-order valence-corrected chi connectivity index (χ0v) is 14.7. The summed E-state index contributed by atoms with van der Waals surface area (Å²) in [6.07, 6.45) is 4.88. The lowest BCUT2D eigenvalue weighted by atomic mass is 10.1. The Bertz CT molecular complexity index is 850. The minimum atomic E-state index is -0.308. The number of carbonyl (C=O) groups excluding carboxylic acids is 1. The Morgan fingerprint density at radius 3 is 2.80 bits per heavy atom. The number of fused-ring (bicyclic) bond motifs is 1. The molecule has 3 aromatic rings. The number of hydrogen-bond donors (Lipinski definition) is 1. The van der Waals surface area contributed by atoms with Gasteiger partial charge in [0.05, 0.1) is 12.5 Å². The lowest BCUT2D eigenvalue weighted by molar-refractivity contribution is -0.121. The number of amides is 1. The quantitative estimate of drug-likeness (QED) is 0.705. The molecule has 0 saturated carbocycles. The van der Waals surface area contributed by atoms with Crippen LogP contribution in [0.15, 0.2) is 48.7 Å². The van der Waals surface area contributed by atoms with Crippen molar-refractivity contribution in [3.05, 3.63) is 65.9 Å². The van der Waals surface area contributed by atoms with Crippen molar-refractivity contribution in [2.45, 2.75) is 18.9 Å². The minimum absolute atomic E-state index is 0.120. The Morgan fingerprint density at radius 1 is 1.24 bits per heavy atom. The second kappa shape index (κ2) is 8.11. The standard InChI is InChI=1S/C18H19FN4OS/c1-25-11-9-15(18-22-21-16-4-2-3-10-23(16)18)20-17(24)12-13-5-7-14(19)8-6-13/h2-8,10,15H,9,11-12H2,1H3,(H,20,24). The molecule has 1 aromatic carbocycles. The first kappa shape index (κ1) is 17.4. The third-order valence-electron chi connectivity index (χ3n) is 3.88. The smallest absolute Gasteiger partial charge is 0.225 e. The van der Waals surface area contributed by atoms with Gasteiger partial charge in [0.25, 0.3) is 0 Å². The number of aromatic nitrogens is 3. The van der Waals surface area contributed by atoms with E-state index in [-0.39, 0.29) is 24.2 Å². The molecule has 0 aliphatic heterocycles. The summed E-state index contributed by atoms with van der Waals surface area (Å²) in [4.78, 5) is 12.4. The van der Waals surface area contributed by atoms with E-state index in [2.05, 4.69) is 15.5 Å². The Morgan fingerprint density at radius 2 is 2.04 bits per heavy atom. The van der Waals surface area contributed by atoms with E-state index < -0.39 is 0 Å². The van der Waals surface area contributed by atoms with E-state index in [1.165, 1.54) is 12.1 Å². The number of benzene rings is 1. The molecule has 0 bridgehead atoms. The maximum absolute atomic E-state index is 13.0. The Balaban J connectivity index is 1.76. The van der Waals surface area contributed by atoms with E-state index in [0.29, 0.717) is 0 Å². The van der Waals surface area contributed by atoms with Crippen LogP contribution < -0.4 is 5.32 Å². The van der Waals surface area contributed by atoms with Crippen LogP contribution in [0.4, 0.5) is 4.39 Å². The van der Waals surface area contributed by atoms with Crippen molar-refractivity contribution in [1.29, 1.82) is 0 Å². The van der Waals surface area contributed by atoms with Crippen molar-refractivity contribution < 1.29 is 9.18 Å². The highest BCUT2D eigenvalue weighted by Crippen LogP contribution is 2.18. The van der Waals surface area contributed by atoms with Crippen LogP contribution in [0.1, 0.15) is 23.9 Å². The highest BCUT2D eigenvalue weighted by molar-refractivity contribution is 7.98. The van der Waals surface area contributed by atoms with Gasteiger partial charge in [-0.05, 0) is 48.3 Å². The van der Waals surface area contributed by atoms with Gasteiger partial charge in [0.1, 0.15) is 5.82 Å². The zero-order valence-electron chi connectivity index (χ0n) is 13.9. The fraction of sp³-hybridized carbons (Fsp3) is 0.278. The SMILES string of the molecule is CSCCC(NC(=O)Cc1ccc(F)cc1)c1nnc2ccccn12. The number of halogens is 1. The lowest BCUT2D eigenvalue weighted by Crippen LogP contribution is -2.31. The van der Waals surface area contributed by atoms with Crippen LogP contribution in [0, 0.1) is 5.82 Å². The molecule has 1 amide bonds. The molecular weight excluding hydrogens is 339 g/mol. The van der Waals surface area contributed by atoms with Crippen LogP contribution in [0.25, 0.3) is 5.65 Å². The first-order valence-corrected chi connectivity index (χ1v) is 9.39. The van der Waals surface area contributed by atoms with Crippen LogP contribution in [-0.2, 0) is 11.2 Å². The van der Waals surface area contributed by atoms with Crippen LogP contribution in [0.5, 0.6) is 0 Å². The molecule has 3 rings (SSSR count). The summed E-state index contributed by atoms with van der Waals surface area (Å²) in [6, 6.07) is 11.4.